The molecule has 2 N–H and O–H groups in total. The second-order valence-corrected chi connectivity index (χ2v) is 5.97. The van der Waals surface area contributed by atoms with Gasteiger partial charge in [0.05, 0.1) is 19.8 Å². The van der Waals surface area contributed by atoms with E-state index in [-0.39, 0.29) is 0 Å². The third kappa shape index (κ3) is 4.43. The fraction of sp³-hybridized carbons (Fsp3) is 0.278. The van der Waals surface area contributed by atoms with E-state index in [1.54, 1.807) is 38.1 Å². The maximum atomic E-state index is 10.9. The molecule has 2 aromatic rings. The predicted octanol–water partition coefficient (Wildman–Crippen LogP) is 3.41. The average Bonchev–Trinajstić information content (AvgIpc) is 2.61. The standard InChI is InChI=1S/C18H21NO4S/c1-22-15-8-14(17(24-3)9-16(15)23-2)11-19-10-12-4-6-13(7-5-12)18(20)21/h4-9,19H,10-11H2,1-3H3,(H,20,21). The molecule has 0 saturated heterocycles. The van der Waals surface area contributed by atoms with Gasteiger partial charge in [0.15, 0.2) is 11.5 Å². The summed E-state index contributed by atoms with van der Waals surface area (Å²) in [6.07, 6.45) is 2.02. The first-order valence-corrected chi connectivity index (χ1v) is 8.63. The number of carboxylic acids is 1. The summed E-state index contributed by atoms with van der Waals surface area (Å²) in [6.45, 7) is 1.33. The van der Waals surface area contributed by atoms with Crippen molar-refractivity contribution >= 4 is 17.7 Å². The van der Waals surface area contributed by atoms with Gasteiger partial charge in [0, 0.05) is 18.0 Å². The third-order valence-electron chi connectivity index (χ3n) is 3.63. The number of carbonyl (C=O) groups is 1. The summed E-state index contributed by atoms with van der Waals surface area (Å²) in [6, 6.07) is 10.8. The van der Waals surface area contributed by atoms with Crippen molar-refractivity contribution in [2.75, 3.05) is 20.5 Å². The normalized spacial score (nSPS) is 10.5. The second-order valence-electron chi connectivity index (χ2n) is 5.12. The Morgan fingerprint density at radius 3 is 2.25 bits per heavy atom. The quantitative estimate of drug-likeness (QED) is 0.713. The van der Waals surface area contributed by atoms with Gasteiger partial charge in [-0.25, -0.2) is 4.79 Å². The Balaban J connectivity index is 2.04. The first kappa shape index (κ1) is 18.2. The number of benzene rings is 2. The van der Waals surface area contributed by atoms with E-state index in [0.29, 0.717) is 24.4 Å². The molecule has 0 atom stereocenters. The van der Waals surface area contributed by atoms with E-state index < -0.39 is 5.97 Å². The number of hydrogen-bond donors (Lipinski definition) is 2. The molecule has 0 heterocycles. The molecule has 0 bridgehead atoms. The van der Waals surface area contributed by atoms with Crippen LogP contribution in [0.3, 0.4) is 0 Å². The average molecular weight is 347 g/mol. The van der Waals surface area contributed by atoms with E-state index in [4.69, 9.17) is 14.6 Å². The highest BCUT2D eigenvalue weighted by Gasteiger charge is 2.10. The first-order chi connectivity index (χ1) is 11.6. The summed E-state index contributed by atoms with van der Waals surface area (Å²) in [5.41, 5.74) is 2.46. The number of carboxylic acid groups (broad SMARTS) is 1. The van der Waals surface area contributed by atoms with Gasteiger partial charge < -0.3 is 19.9 Å². The van der Waals surface area contributed by atoms with Gasteiger partial charge in [0.25, 0.3) is 0 Å². The van der Waals surface area contributed by atoms with Crippen LogP contribution in [-0.2, 0) is 13.1 Å². The van der Waals surface area contributed by atoms with Crippen LogP contribution in [0.5, 0.6) is 11.5 Å². The summed E-state index contributed by atoms with van der Waals surface area (Å²) < 4.78 is 10.7. The summed E-state index contributed by atoms with van der Waals surface area (Å²) in [7, 11) is 3.25. The molecule has 0 saturated carbocycles. The van der Waals surface area contributed by atoms with Gasteiger partial charge in [-0.15, -0.1) is 11.8 Å². The van der Waals surface area contributed by atoms with E-state index in [2.05, 4.69) is 5.32 Å². The maximum Gasteiger partial charge on any atom is 0.335 e. The Kier molecular flexibility index (Phi) is 6.52. The molecule has 0 fully saturated rings. The molecule has 2 aromatic carbocycles. The highest BCUT2D eigenvalue weighted by atomic mass is 32.2. The predicted molar refractivity (Wildman–Crippen MR) is 95.3 cm³/mol. The summed E-state index contributed by atoms with van der Waals surface area (Å²) in [4.78, 5) is 12.0. The minimum absolute atomic E-state index is 0.295. The van der Waals surface area contributed by atoms with Crippen molar-refractivity contribution in [2.24, 2.45) is 0 Å². The number of thioether (sulfide) groups is 1. The molecule has 0 aliphatic heterocycles. The van der Waals surface area contributed by atoms with Crippen LogP contribution in [0.15, 0.2) is 41.3 Å². The number of aromatic carboxylic acids is 1. The Morgan fingerprint density at radius 2 is 1.71 bits per heavy atom. The first-order valence-electron chi connectivity index (χ1n) is 7.41. The van der Waals surface area contributed by atoms with Gasteiger partial charge in [-0.3, -0.25) is 0 Å². The van der Waals surface area contributed by atoms with Crippen molar-refractivity contribution in [2.45, 2.75) is 18.0 Å². The molecule has 0 radical (unpaired) electrons. The fourth-order valence-corrected chi connectivity index (χ4v) is 2.96. The molecule has 0 aliphatic carbocycles. The lowest BCUT2D eigenvalue weighted by atomic mass is 10.1. The maximum absolute atomic E-state index is 10.9. The number of hydrogen-bond acceptors (Lipinski definition) is 5. The van der Waals surface area contributed by atoms with Crippen molar-refractivity contribution in [3.8, 4) is 11.5 Å². The highest BCUT2D eigenvalue weighted by Crippen LogP contribution is 2.34. The molecule has 128 valence electrons. The van der Waals surface area contributed by atoms with Crippen molar-refractivity contribution in [3.63, 3.8) is 0 Å². The summed E-state index contributed by atoms with van der Waals surface area (Å²) in [5, 5.41) is 12.3. The zero-order valence-electron chi connectivity index (χ0n) is 14.0. The van der Waals surface area contributed by atoms with Gasteiger partial charge >= 0.3 is 5.97 Å². The minimum Gasteiger partial charge on any atom is -0.493 e. The van der Waals surface area contributed by atoms with Crippen molar-refractivity contribution < 1.29 is 19.4 Å². The molecule has 5 nitrogen and oxygen atoms in total. The van der Waals surface area contributed by atoms with Gasteiger partial charge in [-0.2, -0.15) is 0 Å². The van der Waals surface area contributed by atoms with Crippen LogP contribution in [0.1, 0.15) is 21.5 Å². The SMILES string of the molecule is COc1cc(CNCc2ccc(C(=O)O)cc2)c(SC)cc1OC. The lowest BCUT2D eigenvalue weighted by Gasteiger charge is -2.14. The molecule has 0 amide bonds. The van der Waals surface area contributed by atoms with Crippen LogP contribution < -0.4 is 14.8 Å². The number of rotatable bonds is 8. The topological polar surface area (TPSA) is 67.8 Å². The van der Waals surface area contributed by atoms with E-state index in [1.807, 2.05) is 30.5 Å². The van der Waals surface area contributed by atoms with E-state index in [1.165, 1.54) is 0 Å². The zero-order valence-corrected chi connectivity index (χ0v) is 14.8. The summed E-state index contributed by atoms with van der Waals surface area (Å²) >= 11 is 1.65. The molecule has 2 rings (SSSR count). The van der Waals surface area contributed by atoms with Gasteiger partial charge in [-0.1, -0.05) is 12.1 Å². The van der Waals surface area contributed by atoms with Crippen molar-refractivity contribution in [1.82, 2.24) is 5.32 Å². The molecule has 6 heteroatoms. The lowest BCUT2D eigenvalue weighted by Crippen LogP contribution is -2.13. The largest absolute Gasteiger partial charge is 0.493 e. The zero-order chi connectivity index (χ0) is 17.5. The Labute approximate surface area is 146 Å². The monoisotopic (exact) mass is 347 g/mol. The molecule has 24 heavy (non-hydrogen) atoms. The van der Waals surface area contributed by atoms with E-state index in [0.717, 1.165) is 21.8 Å². The number of methoxy groups -OCH3 is 2. The van der Waals surface area contributed by atoms with Crippen LogP contribution in [0, 0.1) is 0 Å². The van der Waals surface area contributed by atoms with Gasteiger partial charge in [0.1, 0.15) is 0 Å². The van der Waals surface area contributed by atoms with Crippen LogP contribution in [0.2, 0.25) is 0 Å². The Morgan fingerprint density at radius 1 is 1.08 bits per heavy atom. The van der Waals surface area contributed by atoms with Gasteiger partial charge in [-0.05, 0) is 41.6 Å². The van der Waals surface area contributed by atoms with Crippen LogP contribution in [0.25, 0.3) is 0 Å². The third-order valence-corrected chi connectivity index (χ3v) is 4.45. The Bertz CT molecular complexity index is 701. The smallest absolute Gasteiger partial charge is 0.335 e. The van der Waals surface area contributed by atoms with E-state index in [9.17, 15) is 4.79 Å². The van der Waals surface area contributed by atoms with Crippen molar-refractivity contribution in [3.05, 3.63) is 53.1 Å². The lowest BCUT2D eigenvalue weighted by molar-refractivity contribution is 0.0697. The molecular formula is C18H21NO4S. The van der Waals surface area contributed by atoms with Crippen molar-refractivity contribution in [1.29, 1.82) is 0 Å². The van der Waals surface area contributed by atoms with Crippen LogP contribution >= 0.6 is 11.8 Å². The molecule has 0 aromatic heterocycles. The molecular weight excluding hydrogens is 326 g/mol. The van der Waals surface area contributed by atoms with Crippen LogP contribution in [0.4, 0.5) is 0 Å². The summed E-state index contributed by atoms with van der Waals surface area (Å²) in [5.74, 6) is 0.511. The highest BCUT2D eigenvalue weighted by molar-refractivity contribution is 7.98. The molecule has 0 aliphatic rings. The Hall–Kier alpha value is -2.18. The minimum atomic E-state index is -0.913. The van der Waals surface area contributed by atoms with Gasteiger partial charge in [0.2, 0.25) is 0 Å². The number of ether oxygens (including phenoxy) is 2. The fourth-order valence-electron chi connectivity index (χ4n) is 2.34. The van der Waals surface area contributed by atoms with Crippen LogP contribution in [-0.4, -0.2) is 31.6 Å². The molecule has 0 unspecified atom stereocenters. The number of nitrogens with one attached hydrogen (secondary N) is 1. The second kappa shape index (κ2) is 8.61. The molecule has 0 spiro atoms. The van der Waals surface area contributed by atoms with E-state index >= 15 is 0 Å².